The summed E-state index contributed by atoms with van der Waals surface area (Å²) in [6, 6.07) is -5.05. The molecule has 1 rings (SSSR count). The van der Waals surface area contributed by atoms with Gasteiger partial charge in [-0.25, -0.2) is 0 Å². The molecule has 59 heavy (non-hydrogen) atoms. The quantitative estimate of drug-likeness (QED) is 0.0766. The first kappa shape index (κ1) is 53.5. The molecule has 0 aliphatic carbocycles. The molecule has 7 amide bonds. The van der Waals surface area contributed by atoms with E-state index in [1.165, 1.54) is 68.6 Å². The molecular weight excluding hydrogens is 781 g/mol. The van der Waals surface area contributed by atoms with Gasteiger partial charge in [0, 0.05) is 61.2 Å². The molecule has 0 spiro atoms. The van der Waals surface area contributed by atoms with E-state index in [2.05, 4.69) is 26.2 Å². The molecule has 0 aromatic rings. The number of hydrogen-bond acceptors (Lipinski definition) is 11. The van der Waals surface area contributed by atoms with Gasteiger partial charge in [0.05, 0.1) is 18.8 Å². The Labute approximate surface area is 357 Å². The Balaban J connectivity index is 3.40. The van der Waals surface area contributed by atoms with Gasteiger partial charge in [-0.1, -0.05) is 34.6 Å². The van der Waals surface area contributed by atoms with E-state index in [0.29, 0.717) is 25.4 Å². The zero-order valence-electron chi connectivity index (χ0n) is 38.3. The van der Waals surface area contributed by atoms with Gasteiger partial charge < -0.3 is 45.4 Å². The number of likely N-dealkylation sites (N-methyl/N-ethyl adjacent to an activating group) is 4. The van der Waals surface area contributed by atoms with Crippen LogP contribution in [0.4, 0.5) is 0 Å². The molecule has 0 bridgehead atoms. The highest BCUT2D eigenvalue weighted by molar-refractivity contribution is 8.00. The summed E-state index contributed by atoms with van der Waals surface area (Å²) in [5, 5.41) is 9.71. The Morgan fingerprint density at radius 3 is 1.85 bits per heavy atom. The van der Waals surface area contributed by atoms with Crippen LogP contribution in [0, 0.1) is 11.8 Å². The summed E-state index contributed by atoms with van der Waals surface area (Å²) in [6.45, 7) is 19.7. The van der Waals surface area contributed by atoms with Crippen LogP contribution in [0.2, 0.25) is 0 Å². The molecule has 0 saturated carbocycles. The molecule has 1 aliphatic heterocycles. The fourth-order valence-electron chi connectivity index (χ4n) is 6.48. The number of hydrogen-bond donors (Lipinski definition) is 4. The van der Waals surface area contributed by atoms with E-state index in [4.69, 9.17) is 9.47 Å². The van der Waals surface area contributed by atoms with E-state index in [0.717, 1.165) is 26.1 Å². The molecule has 1 heterocycles. The molecule has 0 radical (unpaired) electrons. The molecule has 1 fully saturated rings. The predicted molar refractivity (Wildman–Crippen MR) is 230 cm³/mol. The molecule has 340 valence electrons. The standard InChI is InChI=1S/C41H76N8O9S/c1-15-17-32(50)48(13)40(59-23-16-18-49-19-21-58-22-20-49)39(56)47(12)31(25-41(8,9)57-14)37(54)45-33(27(4)5)38(55)46(11)30(24-26(2)3)36(53)44-29(7)35(52)43-28(6)34(51)42-10/h26-31,33,40H,15-25H2,1-14H3,(H,42,51)(H,43,52)(H,44,53)(H,45,54)/t28-,29-,30+,31+,33+,40-/m1/s1. The van der Waals surface area contributed by atoms with Crippen LogP contribution in [0.15, 0.2) is 0 Å². The minimum absolute atomic E-state index is 0.0293. The van der Waals surface area contributed by atoms with Crippen LogP contribution in [0.3, 0.4) is 0 Å². The van der Waals surface area contributed by atoms with Crippen LogP contribution >= 0.6 is 11.8 Å². The van der Waals surface area contributed by atoms with Gasteiger partial charge in [0.2, 0.25) is 35.4 Å². The number of nitrogens with one attached hydrogen (secondary N) is 4. The summed E-state index contributed by atoms with van der Waals surface area (Å²) in [4.78, 5) is 101. The van der Waals surface area contributed by atoms with Crippen molar-refractivity contribution in [2.75, 3.05) is 73.9 Å². The van der Waals surface area contributed by atoms with Gasteiger partial charge in [0.1, 0.15) is 30.2 Å². The third-order valence-electron chi connectivity index (χ3n) is 10.6. The highest BCUT2D eigenvalue weighted by Crippen LogP contribution is 2.25. The van der Waals surface area contributed by atoms with Crippen LogP contribution in [0.1, 0.15) is 94.4 Å². The highest BCUT2D eigenvalue weighted by atomic mass is 32.2. The second-order valence-corrected chi connectivity index (χ2v) is 18.0. The lowest BCUT2D eigenvalue weighted by atomic mass is 9.95. The number of morpholine rings is 1. The first-order valence-electron chi connectivity index (χ1n) is 20.9. The normalized spacial score (nSPS) is 16.5. The maximum atomic E-state index is 14.5. The van der Waals surface area contributed by atoms with Gasteiger partial charge in [-0.2, -0.15) is 0 Å². The molecule has 17 nitrogen and oxygen atoms in total. The number of nitrogens with zero attached hydrogens (tertiary/aromatic N) is 4. The van der Waals surface area contributed by atoms with E-state index < -0.39 is 82.5 Å². The average Bonchev–Trinajstić information content (AvgIpc) is 3.19. The first-order valence-corrected chi connectivity index (χ1v) is 22.0. The van der Waals surface area contributed by atoms with Gasteiger partial charge in [-0.05, 0) is 71.1 Å². The number of carbonyl (C=O) groups is 7. The van der Waals surface area contributed by atoms with Crippen LogP contribution < -0.4 is 21.3 Å². The molecule has 0 aromatic carbocycles. The molecular formula is C41H76N8O9S. The maximum absolute atomic E-state index is 14.5. The van der Waals surface area contributed by atoms with Crippen LogP contribution in [-0.2, 0) is 43.0 Å². The van der Waals surface area contributed by atoms with E-state index >= 15 is 0 Å². The second-order valence-electron chi connectivity index (χ2n) is 16.8. The summed E-state index contributed by atoms with van der Waals surface area (Å²) >= 11 is 1.36. The largest absolute Gasteiger partial charge is 0.379 e. The molecule has 6 atom stereocenters. The molecule has 18 heteroatoms. The smallest absolute Gasteiger partial charge is 0.256 e. The lowest BCUT2D eigenvalue weighted by Crippen LogP contribution is -2.61. The van der Waals surface area contributed by atoms with E-state index in [1.54, 1.807) is 34.7 Å². The monoisotopic (exact) mass is 857 g/mol. The predicted octanol–water partition coefficient (Wildman–Crippen LogP) is 1.44. The maximum Gasteiger partial charge on any atom is 0.256 e. The minimum atomic E-state index is -1.10. The summed E-state index contributed by atoms with van der Waals surface area (Å²) < 4.78 is 11.2. The second kappa shape index (κ2) is 26.0. The van der Waals surface area contributed by atoms with Crippen molar-refractivity contribution in [3.8, 4) is 0 Å². The minimum Gasteiger partial charge on any atom is -0.379 e. The number of carbonyl (C=O) groups excluding carboxylic acids is 7. The van der Waals surface area contributed by atoms with Gasteiger partial charge in [0.25, 0.3) is 5.91 Å². The summed E-state index contributed by atoms with van der Waals surface area (Å²) in [7, 11) is 7.60. The average molecular weight is 857 g/mol. The van der Waals surface area contributed by atoms with Crippen molar-refractivity contribution in [2.24, 2.45) is 11.8 Å². The van der Waals surface area contributed by atoms with E-state index in [-0.39, 0.29) is 31.1 Å². The van der Waals surface area contributed by atoms with Crippen molar-refractivity contribution < 1.29 is 43.0 Å². The van der Waals surface area contributed by atoms with Crippen LogP contribution in [0.25, 0.3) is 0 Å². The third kappa shape index (κ3) is 17.6. The highest BCUT2D eigenvalue weighted by Gasteiger charge is 2.41. The Kier molecular flexibility index (Phi) is 23.6. The molecule has 1 aliphatic rings. The number of methoxy groups -OCH3 is 1. The first-order chi connectivity index (χ1) is 27.5. The lowest BCUT2D eigenvalue weighted by Gasteiger charge is -2.38. The van der Waals surface area contributed by atoms with Gasteiger partial charge in [-0.3, -0.25) is 38.5 Å². The third-order valence-corrected chi connectivity index (χ3v) is 11.9. The number of rotatable bonds is 25. The van der Waals surface area contributed by atoms with Crippen LogP contribution in [0.5, 0.6) is 0 Å². The zero-order chi connectivity index (χ0) is 45.2. The SMILES string of the molecule is CCCC(=O)N(C)[C@H](SCCCN1CCOCC1)C(=O)N(C)[C@@H](CC(C)(C)OC)C(=O)N[C@H](C(=O)N(C)[C@@H](CC(C)C)C(=O)N[C@H](C)C(=O)N[C@H](C)C(=O)NC)C(C)C. The van der Waals surface area contributed by atoms with Crippen molar-refractivity contribution in [3.63, 3.8) is 0 Å². The molecule has 1 saturated heterocycles. The number of thioether (sulfide) groups is 1. The van der Waals surface area contributed by atoms with Crippen molar-refractivity contribution in [1.29, 1.82) is 0 Å². The van der Waals surface area contributed by atoms with Gasteiger partial charge in [0.15, 0.2) is 5.37 Å². The van der Waals surface area contributed by atoms with Crippen molar-refractivity contribution in [1.82, 2.24) is 40.9 Å². The Hall–Kier alpha value is -3.48. The van der Waals surface area contributed by atoms with Gasteiger partial charge in [-0.15, -0.1) is 11.8 Å². The topological polar surface area (TPSA) is 199 Å². The fourth-order valence-corrected chi connectivity index (χ4v) is 7.65. The number of ether oxygens (including phenoxy) is 2. The molecule has 0 aromatic heterocycles. The fraction of sp³-hybridized carbons (Fsp3) is 0.829. The Bertz CT molecular complexity index is 1390. The van der Waals surface area contributed by atoms with Gasteiger partial charge >= 0.3 is 0 Å². The number of amides is 7. The Morgan fingerprint density at radius 2 is 1.32 bits per heavy atom. The van der Waals surface area contributed by atoms with E-state index in [9.17, 15) is 33.6 Å². The summed E-state index contributed by atoms with van der Waals surface area (Å²) in [5.41, 5.74) is -0.864. The van der Waals surface area contributed by atoms with Crippen LogP contribution in [-0.4, -0.2) is 176 Å². The molecule has 0 unspecified atom stereocenters. The lowest BCUT2D eigenvalue weighted by molar-refractivity contribution is -0.148. The van der Waals surface area contributed by atoms with Crippen molar-refractivity contribution in [2.45, 2.75) is 136 Å². The summed E-state index contributed by atoms with van der Waals surface area (Å²) in [5.74, 6) is -3.13. The van der Waals surface area contributed by atoms with Crippen molar-refractivity contribution in [3.05, 3.63) is 0 Å². The zero-order valence-corrected chi connectivity index (χ0v) is 39.1. The summed E-state index contributed by atoms with van der Waals surface area (Å²) in [6.07, 6.45) is 2.00. The van der Waals surface area contributed by atoms with Crippen molar-refractivity contribution >= 4 is 53.1 Å². The Morgan fingerprint density at radius 1 is 0.780 bits per heavy atom. The molecule has 4 N–H and O–H groups in total. The van der Waals surface area contributed by atoms with E-state index in [1.807, 2.05) is 20.8 Å².